The van der Waals surface area contributed by atoms with Crippen molar-refractivity contribution in [2.24, 2.45) is 0 Å². The van der Waals surface area contributed by atoms with Gasteiger partial charge < -0.3 is 10.1 Å². The number of ether oxygens (including phenoxy) is 1. The smallest absolute Gasteiger partial charge is 0.254 e. The molecule has 32 heavy (non-hydrogen) atoms. The lowest BCUT2D eigenvalue weighted by Crippen LogP contribution is -2.40. The first kappa shape index (κ1) is 22.0. The van der Waals surface area contributed by atoms with Crippen LogP contribution in [0.2, 0.25) is 0 Å². The van der Waals surface area contributed by atoms with Crippen LogP contribution in [-0.4, -0.2) is 54.4 Å². The maximum Gasteiger partial charge on any atom is 0.254 e. The molecule has 1 aromatic heterocycles. The fourth-order valence-corrected chi connectivity index (χ4v) is 5.17. The number of amides is 1. The summed E-state index contributed by atoms with van der Waals surface area (Å²) in [6.07, 6.45) is 2.14. The van der Waals surface area contributed by atoms with Crippen LogP contribution in [-0.2, 0) is 23.0 Å². The van der Waals surface area contributed by atoms with Crippen LogP contribution >= 0.6 is 0 Å². The molecule has 9 heteroatoms. The van der Waals surface area contributed by atoms with Crippen LogP contribution in [0.1, 0.15) is 27.2 Å². The van der Waals surface area contributed by atoms with E-state index in [9.17, 15) is 13.2 Å². The molecule has 1 aliphatic heterocycles. The van der Waals surface area contributed by atoms with Crippen molar-refractivity contribution in [2.45, 2.75) is 19.9 Å². The Bertz CT molecular complexity index is 1220. The van der Waals surface area contributed by atoms with E-state index in [1.54, 1.807) is 11.8 Å². The zero-order chi connectivity index (χ0) is 22.7. The first-order valence-corrected chi connectivity index (χ1v) is 12.0. The van der Waals surface area contributed by atoms with Crippen molar-refractivity contribution >= 4 is 15.9 Å². The SMILES string of the molecule is COc1ccc2c(c1)CCN(S(=O)(=O)CCNC(=O)c1cnn(-c3ccccc3)c1C)C2. The standard InChI is InChI=1S/C23H26N4O4S/c1-17-22(15-25-27(17)20-6-4-3-5-7-20)23(28)24-11-13-32(29,30)26-12-10-18-14-21(31-2)9-8-19(18)16-26/h3-9,14-15H,10-13,16H2,1-2H3,(H,24,28). The molecule has 3 aromatic rings. The topological polar surface area (TPSA) is 93.5 Å². The second-order valence-electron chi connectivity index (χ2n) is 7.68. The van der Waals surface area contributed by atoms with Crippen LogP contribution in [0.25, 0.3) is 5.69 Å². The van der Waals surface area contributed by atoms with Crippen LogP contribution in [0.5, 0.6) is 5.75 Å². The molecule has 8 nitrogen and oxygen atoms in total. The number of nitrogens with one attached hydrogen (secondary N) is 1. The number of hydrogen-bond donors (Lipinski definition) is 1. The Morgan fingerprint density at radius 1 is 1.16 bits per heavy atom. The highest BCUT2D eigenvalue weighted by Gasteiger charge is 2.27. The summed E-state index contributed by atoms with van der Waals surface area (Å²) in [5.74, 6) is 0.278. The number of para-hydroxylation sites is 1. The van der Waals surface area contributed by atoms with Gasteiger partial charge >= 0.3 is 0 Å². The normalized spacial score (nSPS) is 14.1. The molecule has 2 aromatic carbocycles. The predicted octanol–water partition coefficient (Wildman–Crippen LogP) is 2.31. The molecule has 0 atom stereocenters. The predicted molar refractivity (Wildman–Crippen MR) is 122 cm³/mol. The van der Waals surface area contributed by atoms with E-state index in [-0.39, 0.29) is 18.2 Å². The molecule has 2 heterocycles. The number of rotatable bonds is 7. The number of carbonyl (C=O) groups is 1. The van der Waals surface area contributed by atoms with Crippen molar-refractivity contribution in [3.63, 3.8) is 0 Å². The molecule has 0 unspecified atom stereocenters. The van der Waals surface area contributed by atoms with Gasteiger partial charge in [-0.1, -0.05) is 24.3 Å². The number of aromatic nitrogens is 2. The quantitative estimate of drug-likeness (QED) is 0.591. The monoisotopic (exact) mass is 454 g/mol. The van der Waals surface area contributed by atoms with Gasteiger partial charge in [0.1, 0.15) is 5.75 Å². The van der Waals surface area contributed by atoms with Crippen LogP contribution in [0, 0.1) is 6.92 Å². The van der Waals surface area contributed by atoms with Gasteiger partial charge in [-0.15, -0.1) is 0 Å². The van der Waals surface area contributed by atoms with E-state index < -0.39 is 10.0 Å². The third-order valence-electron chi connectivity index (χ3n) is 5.68. The molecule has 0 aliphatic carbocycles. The average molecular weight is 455 g/mol. The summed E-state index contributed by atoms with van der Waals surface area (Å²) in [5.41, 5.74) is 4.06. The molecule has 1 aliphatic rings. The van der Waals surface area contributed by atoms with Crippen LogP contribution in [0.15, 0.2) is 54.7 Å². The molecule has 4 rings (SSSR count). The van der Waals surface area contributed by atoms with E-state index in [1.165, 1.54) is 10.5 Å². The molecule has 0 saturated carbocycles. The van der Waals surface area contributed by atoms with E-state index in [1.807, 2.05) is 55.5 Å². The Labute approximate surface area is 187 Å². The first-order valence-electron chi connectivity index (χ1n) is 10.4. The lowest BCUT2D eigenvalue weighted by atomic mass is 10.0. The highest BCUT2D eigenvalue weighted by Crippen LogP contribution is 2.25. The summed E-state index contributed by atoms with van der Waals surface area (Å²) in [5, 5.41) is 7.01. The van der Waals surface area contributed by atoms with Crippen molar-refractivity contribution < 1.29 is 17.9 Å². The zero-order valence-corrected chi connectivity index (χ0v) is 18.9. The van der Waals surface area contributed by atoms with Gasteiger partial charge in [-0.05, 0) is 48.7 Å². The van der Waals surface area contributed by atoms with Gasteiger partial charge in [0.05, 0.1) is 36.0 Å². The minimum atomic E-state index is -3.50. The summed E-state index contributed by atoms with van der Waals surface area (Å²) in [4.78, 5) is 12.6. The molecule has 1 N–H and O–H groups in total. The molecule has 0 spiro atoms. The molecule has 0 bridgehead atoms. The molecule has 168 valence electrons. The minimum absolute atomic E-state index is 0.0308. The molecule has 0 fully saturated rings. The first-order chi connectivity index (χ1) is 15.4. The lowest BCUT2D eigenvalue weighted by molar-refractivity contribution is 0.0955. The van der Waals surface area contributed by atoms with Crippen molar-refractivity contribution in [1.29, 1.82) is 0 Å². The van der Waals surface area contributed by atoms with Gasteiger partial charge in [-0.25, -0.2) is 13.1 Å². The van der Waals surface area contributed by atoms with Gasteiger partial charge in [-0.2, -0.15) is 9.40 Å². The fourth-order valence-electron chi connectivity index (χ4n) is 3.85. The van der Waals surface area contributed by atoms with Crippen molar-refractivity contribution in [2.75, 3.05) is 26.0 Å². The second kappa shape index (κ2) is 9.13. The minimum Gasteiger partial charge on any atom is -0.497 e. The number of hydrogen-bond acceptors (Lipinski definition) is 5. The third-order valence-corrected chi connectivity index (χ3v) is 7.50. The Morgan fingerprint density at radius 3 is 2.69 bits per heavy atom. The summed E-state index contributed by atoms with van der Waals surface area (Å²) in [7, 11) is -1.89. The Hall–Kier alpha value is -3.17. The maximum absolute atomic E-state index is 12.8. The largest absolute Gasteiger partial charge is 0.497 e. The number of benzene rings is 2. The molecular formula is C23H26N4O4S. The molecule has 0 saturated heterocycles. The maximum atomic E-state index is 12.8. The van der Waals surface area contributed by atoms with Gasteiger partial charge in [0.2, 0.25) is 10.0 Å². The summed E-state index contributed by atoms with van der Waals surface area (Å²) in [6.45, 7) is 2.59. The van der Waals surface area contributed by atoms with E-state index in [2.05, 4.69) is 10.4 Å². The number of fused-ring (bicyclic) bond motifs is 1. The number of methoxy groups -OCH3 is 1. The van der Waals surface area contributed by atoms with Crippen LogP contribution < -0.4 is 10.1 Å². The van der Waals surface area contributed by atoms with Gasteiger partial charge in [0, 0.05) is 19.6 Å². The third kappa shape index (κ3) is 4.53. The summed E-state index contributed by atoms with van der Waals surface area (Å²) >= 11 is 0. The van der Waals surface area contributed by atoms with Crippen molar-refractivity contribution in [3.05, 3.63) is 77.1 Å². The molecule has 0 radical (unpaired) electrons. The van der Waals surface area contributed by atoms with E-state index in [0.29, 0.717) is 30.8 Å². The second-order valence-corrected chi connectivity index (χ2v) is 9.77. The van der Waals surface area contributed by atoms with E-state index >= 15 is 0 Å². The Kier molecular flexibility index (Phi) is 6.29. The Morgan fingerprint density at radius 2 is 1.94 bits per heavy atom. The zero-order valence-electron chi connectivity index (χ0n) is 18.1. The summed E-state index contributed by atoms with van der Waals surface area (Å²) in [6, 6.07) is 15.2. The van der Waals surface area contributed by atoms with Gasteiger partial charge in [0.25, 0.3) is 5.91 Å². The molecule has 1 amide bonds. The average Bonchev–Trinajstić information content (AvgIpc) is 3.20. The van der Waals surface area contributed by atoms with Crippen LogP contribution in [0.4, 0.5) is 0 Å². The highest BCUT2D eigenvalue weighted by molar-refractivity contribution is 7.89. The van der Waals surface area contributed by atoms with Crippen molar-refractivity contribution in [1.82, 2.24) is 19.4 Å². The van der Waals surface area contributed by atoms with Crippen LogP contribution in [0.3, 0.4) is 0 Å². The van der Waals surface area contributed by atoms with E-state index in [4.69, 9.17) is 4.74 Å². The van der Waals surface area contributed by atoms with E-state index in [0.717, 1.165) is 22.6 Å². The summed E-state index contributed by atoms with van der Waals surface area (Å²) < 4.78 is 34.1. The van der Waals surface area contributed by atoms with Crippen molar-refractivity contribution in [3.8, 4) is 11.4 Å². The lowest BCUT2D eigenvalue weighted by Gasteiger charge is -2.28. The van der Waals surface area contributed by atoms with Gasteiger partial charge in [-0.3, -0.25) is 4.79 Å². The number of carbonyl (C=O) groups excluding carboxylic acids is 1. The number of sulfonamides is 1. The molecular weight excluding hydrogens is 428 g/mol. The fraction of sp³-hybridized carbons (Fsp3) is 0.304. The Balaban J connectivity index is 1.36. The number of nitrogens with zero attached hydrogens (tertiary/aromatic N) is 3. The van der Waals surface area contributed by atoms with Gasteiger partial charge in [0.15, 0.2) is 0 Å². The highest BCUT2D eigenvalue weighted by atomic mass is 32.2.